The van der Waals surface area contributed by atoms with Crippen molar-refractivity contribution in [3.63, 3.8) is 0 Å². The van der Waals surface area contributed by atoms with E-state index >= 15 is 0 Å². The average molecular weight is 377 g/mol. The van der Waals surface area contributed by atoms with E-state index in [4.69, 9.17) is 0 Å². The third-order valence-electron chi connectivity index (χ3n) is 4.53. The summed E-state index contributed by atoms with van der Waals surface area (Å²) >= 11 is 0. The lowest BCUT2D eigenvalue weighted by Gasteiger charge is -2.11. The number of carbonyl (C=O) groups excluding carboxylic acids is 1. The average Bonchev–Trinajstić information content (AvgIpc) is 3.10. The Labute approximate surface area is 165 Å². The lowest BCUT2D eigenvalue weighted by Crippen LogP contribution is -2.25. The maximum absolute atomic E-state index is 12.8. The minimum Gasteiger partial charge on any atom is -0.322 e. The Hall–Kier alpha value is -3.12. The number of hydrogen-bond acceptors (Lipinski definition) is 4. The number of fused-ring (bicyclic) bond motifs is 1. The van der Waals surface area contributed by atoms with Crippen LogP contribution in [0.15, 0.2) is 48.7 Å². The second kappa shape index (κ2) is 8.71. The number of nitrogens with zero attached hydrogens (tertiary/aromatic N) is 2. The summed E-state index contributed by atoms with van der Waals surface area (Å²) in [6, 6.07) is 11.6. The van der Waals surface area contributed by atoms with Gasteiger partial charge in [0.05, 0.1) is 11.3 Å². The van der Waals surface area contributed by atoms with Crippen LogP contribution < -0.4 is 16.2 Å². The zero-order valence-corrected chi connectivity index (χ0v) is 16.8. The molecule has 3 rings (SSSR count). The quantitative estimate of drug-likeness (QED) is 0.543. The zero-order valence-electron chi connectivity index (χ0n) is 16.8. The number of allylic oxidation sites excluding steroid dienone is 1. The van der Waals surface area contributed by atoms with Gasteiger partial charge in [-0.15, -0.1) is 0 Å². The van der Waals surface area contributed by atoms with E-state index in [0.29, 0.717) is 11.2 Å². The van der Waals surface area contributed by atoms with Gasteiger partial charge in [0.15, 0.2) is 0 Å². The molecule has 0 aliphatic rings. The summed E-state index contributed by atoms with van der Waals surface area (Å²) in [6.07, 6.45) is 6.12. The molecule has 2 aromatic heterocycles. The second-order valence-electron chi connectivity index (χ2n) is 6.77. The third-order valence-corrected chi connectivity index (χ3v) is 4.53. The number of nitrogens with one attached hydrogen (secondary N) is 3. The van der Waals surface area contributed by atoms with Crippen LogP contribution in [0.25, 0.3) is 11.3 Å². The molecule has 28 heavy (non-hydrogen) atoms. The number of hydrogen-bond donors (Lipinski definition) is 3. The standard InChI is InChI=1S/C22H27N5O/c1-5-6-7-20(26-23-4)17-8-10-18(11-9-17)25-22(28)19-12-13-27-16(3)14-15(2)24-21(19)27/h7-14,23,26H,5-6H2,1-4H3,(H,25,28)/b20-7-. The molecule has 1 amide bonds. The fourth-order valence-electron chi connectivity index (χ4n) is 3.17. The fraction of sp³-hybridized carbons (Fsp3) is 0.273. The van der Waals surface area contributed by atoms with Gasteiger partial charge < -0.3 is 15.1 Å². The van der Waals surface area contributed by atoms with Gasteiger partial charge in [-0.3, -0.25) is 4.79 Å². The Balaban J connectivity index is 1.80. The summed E-state index contributed by atoms with van der Waals surface area (Å²) < 4.78 is 1.93. The number of benzene rings is 1. The van der Waals surface area contributed by atoms with Crippen molar-refractivity contribution in [3.8, 4) is 0 Å². The molecule has 0 fully saturated rings. The first-order valence-corrected chi connectivity index (χ1v) is 9.53. The van der Waals surface area contributed by atoms with Crippen LogP contribution in [0.1, 0.15) is 47.1 Å². The number of anilines is 1. The summed E-state index contributed by atoms with van der Waals surface area (Å²) in [4.78, 5) is 17.3. The molecular formula is C22H27N5O. The van der Waals surface area contributed by atoms with Crippen molar-refractivity contribution >= 4 is 22.9 Å². The van der Waals surface area contributed by atoms with Crippen molar-refractivity contribution in [1.82, 2.24) is 20.2 Å². The molecule has 3 aromatic rings. The minimum atomic E-state index is -0.164. The monoisotopic (exact) mass is 377 g/mol. The Morgan fingerprint density at radius 2 is 1.93 bits per heavy atom. The first kappa shape index (κ1) is 19.6. The molecule has 0 spiro atoms. The maximum Gasteiger partial charge on any atom is 0.259 e. The number of amides is 1. The van der Waals surface area contributed by atoms with E-state index in [2.05, 4.69) is 34.2 Å². The Bertz CT molecular complexity index is 1000. The van der Waals surface area contributed by atoms with Crippen LogP contribution in [0.2, 0.25) is 0 Å². The summed E-state index contributed by atoms with van der Waals surface area (Å²) in [7, 11) is 1.84. The van der Waals surface area contributed by atoms with Gasteiger partial charge in [-0.2, -0.15) is 0 Å². The highest BCUT2D eigenvalue weighted by molar-refractivity contribution is 6.08. The van der Waals surface area contributed by atoms with Crippen molar-refractivity contribution in [2.75, 3.05) is 12.4 Å². The van der Waals surface area contributed by atoms with Crippen LogP contribution in [-0.4, -0.2) is 22.3 Å². The molecule has 3 N–H and O–H groups in total. The summed E-state index contributed by atoms with van der Waals surface area (Å²) in [5.74, 6) is -0.164. The van der Waals surface area contributed by atoms with Gasteiger partial charge in [-0.05, 0) is 50.1 Å². The fourth-order valence-corrected chi connectivity index (χ4v) is 3.17. The molecule has 0 bridgehead atoms. The van der Waals surface area contributed by atoms with Crippen LogP contribution in [0.5, 0.6) is 0 Å². The van der Waals surface area contributed by atoms with Crippen LogP contribution in [0.3, 0.4) is 0 Å². The molecule has 1 aromatic carbocycles. The van der Waals surface area contributed by atoms with Crippen LogP contribution >= 0.6 is 0 Å². The largest absolute Gasteiger partial charge is 0.322 e. The van der Waals surface area contributed by atoms with Gasteiger partial charge in [0, 0.05) is 30.3 Å². The lowest BCUT2D eigenvalue weighted by atomic mass is 10.1. The van der Waals surface area contributed by atoms with E-state index in [1.165, 1.54) is 0 Å². The number of unbranched alkanes of at least 4 members (excludes halogenated alkanes) is 1. The van der Waals surface area contributed by atoms with E-state index in [1.54, 1.807) is 6.07 Å². The molecule has 0 saturated carbocycles. The number of rotatable bonds is 7. The molecule has 0 unspecified atom stereocenters. The van der Waals surface area contributed by atoms with Gasteiger partial charge >= 0.3 is 0 Å². The number of hydrazine groups is 1. The predicted molar refractivity (Wildman–Crippen MR) is 114 cm³/mol. The minimum absolute atomic E-state index is 0.164. The second-order valence-corrected chi connectivity index (χ2v) is 6.77. The molecule has 2 heterocycles. The smallest absolute Gasteiger partial charge is 0.259 e. The maximum atomic E-state index is 12.8. The van der Waals surface area contributed by atoms with E-state index in [1.807, 2.05) is 61.8 Å². The van der Waals surface area contributed by atoms with E-state index < -0.39 is 0 Å². The van der Waals surface area contributed by atoms with E-state index in [-0.39, 0.29) is 5.91 Å². The Morgan fingerprint density at radius 3 is 2.61 bits per heavy atom. The Kier molecular flexibility index (Phi) is 6.11. The first-order chi connectivity index (χ1) is 13.5. The third kappa shape index (κ3) is 4.23. The van der Waals surface area contributed by atoms with Crippen molar-refractivity contribution in [2.24, 2.45) is 0 Å². The van der Waals surface area contributed by atoms with Gasteiger partial charge in [-0.1, -0.05) is 31.6 Å². The van der Waals surface area contributed by atoms with Gasteiger partial charge in [0.1, 0.15) is 5.65 Å². The normalized spacial score (nSPS) is 11.6. The van der Waals surface area contributed by atoms with Crippen molar-refractivity contribution in [2.45, 2.75) is 33.6 Å². The van der Waals surface area contributed by atoms with Crippen LogP contribution in [0, 0.1) is 13.8 Å². The predicted octanol–water partition coefficient (Wildman–Crippen LogP) is 4.07. The van der Waals surface area contributed by atoms with E-state index in [9.17, 15) is 4.79 Å². The highest BCUT2D eigenvalue weighted by Gasteiger charge is 2.14. The molecule has 0 aliphatic carbocycles. The molecule has 146 valence electrons. The zero-order chi connectivity index (χ0) is 20.1. The molecule has 0 aliphatic heterocycles. The Morgan fingerprint density at radius 1 is 1.18 bits per heavy atom. The number of aryl methyl sites for hydroxylation is 2. The SMILES string of the molecule is CCC/C=C(\NNC)c1ccc(NC(=O)c2ccn3c(C)cc(C)nc23)cc1. The highest BCUT2D eigenvalue weighted by atomic mass is 16.1. The van der Waals surface area contributed by atoms with E-state index in [0.717, 1.165) is 41.2 Å². The molecule has 0 saturated heterocycles. The molecular weight excluding hydrogens is 350 g/mol. The number of carbonyl (C=O) groups is 1. The molecule has 6 heteroatoms. The molecule has 6 nitrogen and oxygen atoms in total. The molecule has 0 atom stereocenters. The summed E-state index contributed by atoms with van der Waals surface area (Å²) in [5, 5.41) is 2.97. The first-order valence-electron chi connectivity index (χ1n) is 9.53. The summed E-state index contributed by atoms with van der Waals surface area (Å²) in [6.45, 7) is 6.09. The van der Waals surface area contributed by atoms with Gasteiger partial charge in [-0.25, -0.2) is 10.4 Å². The lowest BCUT2D eigenvalue weighted by molar-refractivity contribution is 0.102. The van der Waals surface area contributed by atoms with Crippen molar-refractivity contribution in [1.29, 1.82) is 0 Å². The highest BCUT2D eigenvalue weighted by Crippen LogP contribution is 2.19. The van der Waals surface area contributed by atoms with Gasteiger partial charge in [0.25, 0.3) is 5.91 Å². The molecule has 0 radical (unpaired) electrons. The topological polar surface area (TPSA) is 70.5 Å². The van der Waals surface area contributed by atoms with Gasteiger partial charge in [0.2, 0.25) is 0 Å². The van der Waals surface area contributed by atoms with Crippen LogP contribution in [-0.2, 0) is 0 Å². The van der Waals surface area contributed by atoms with Crippen molar-refractivity contribution < 1.29 is 4.79 Å². The summed E-state index contributed by atoms with van der Waals surface area (Å²) in [5.41, 5.74) is 12.1. The van der Waals surface area contributed by atoms with Crippen LogP contribution in [0.4, 0.5) is 5.69 Å². The van der Waals surface area contributed by atoms with Crippen molar-refractivity contribution in [3.05, 3.63) is 71.2 Å². The number of aromatic nitrogens is 2.